The molecule has 59 heavy (non-hydrogen) atoms. The van der Waals surface area contributed by atoms with Gasteiger partial charge in [0.1, 0.15) is 35.2 Å². The Kier molecular flexibility index (Phi) is 10.0. The number of anilines is 2. The number of imide groups is 1. The number of aromatic nitrogens is 4. The smallest absolute Gasteiger partial charge is 0.255 e. The summed E-state index contributed by atoms with van der Waals surface area (Å²) >= 11 is 0. The number of ether oxygens (including phenoxy) is 2. The second-order valence-corrected chi connectivity index (χ2v) is 18.0. The standard InChI is InChI=1S/C45H53FN8O5/c1-45(16-17-45)59-31-6-8-35-33(23-31)42(51-50-35)36-24-39(48-26-47-36)53-20-14-30(15-21-53)58-29-4-2-27(3-5-29)22-28-12-18-52(19-13-28)37-9-7-32-34(41(37)46)25-54(44(32)57)38-10-11-40(55)49-43(38)56/h6-9,23-24,26-30,38H,2-5,10-22,25H2,1H3,(H,50,51)(H,49,55,56). The molecule has 3 amide bonds. The third-order valence-corrected chi connectivity index (χ3v) is 13.9. The molecule has 2 saturated carbocycles. The maximum Gasteiger partial charge on any atom is 0.255 e. The maximum absolute atomic E-state index is 16.0. The van der Waals surface area contributed by atoms with Crippen LogP contribution in [0.3, 0.4) is 0 Å². The van der Waals surface area contributed by atoms with Crippen molar-refractivity contribution in [2.75, 3.05) is 36.0 Å². The zero-order valence-corrected chi connectivity index (χ0v) is 33.8. The van der Waals surface area contributed by atoms with E-state index in [0.717, 1.165) is 111 Å². The molecule has 6 aliphatic rings. The van der Waals surface area contributed by atoms with Gasteiger partial charge in [-0.3, -0.25) is 24.8 Å². The predicted molar refractivity (Wildman–Crippen MR) is 219 cm³/mol. The molecular formula is C45H53FN8O5. The number of fused-ring (bicyclic) bond motifs is 2. The minimum absolute atomic E-state index is 0.0490. The molecule has 6 heterocycles. The summed E-state index contributed by atoms with van der Waals surface area (Å²) in [7, 11) is 0. The van der Waals surface area contributed by atoms with Gasteiger partial charge in [-0.15, -0.1) is 0 Å². The van der Waals surface area contributed by atoms with Crippen molar-refractivity contribution in [1.82, 2.24) is 30.4 Å². The molecule has 2 aromatic carbocycles. The number of carbonyl (C=O) groups excluding carboxylic acids is 3. The molecule has 2 aliphatic carbocycles. The molecule has 1 atom stereocenters. The molecule has 13 nitrogen and oxygen atoms in total. The first-order valence-corrected chi connectivity index (χ1v) is 21.8. The van der Waals surface area contributed by atoms with Crippen molar-refractivity contribution >= 4 is 40.1 Å². The Morgan fingerprint density at radius 3 is 2.36 bits per heavy atom. The number of carbonyl (C=O) groups is 3. The Morgan fingerprint density at radius 2 is 1.59 bits per heavy atom. The maximum atomic E-state index is 16.0. The lowest BCUT2D eigenvalue weighted by Gasteiger charge is -2.38. The van der Waals surface area contributed by atoms with E-state index >= 15 is 4.39 Å². The summed E-state index contributed by atoms with van der Waals surface area (Å²) < 4.78 is 28.9. The minimum atomic E-state index is -0.751. The molecule has 3 saturated heterocycles. The number of benzene rings is 2. The van der Waals surface area contributed by atoms with E-state index in [1.54, 1.807) is 18.5 Å². The quantitative estimate of drug-likeness (QED) is 0.166. The summed E-state index contributed by atoms with van der Waals surface area (Å²) in [6.45, 7) is 5.55. The Balaban J connectivity index is 0.667. The van der Waals surface area contributed by atoms with Gasteiger partial charge in [-0.05, 0) is 126 Å². The van der Waals surface area contributed by atoms with Gasteiger partial charge in [0.25, 0.3) is 5.91 Å². The molecule has 2 aromatic heterocycles. The summed E-state index contributed by atoms with van der Waals surface area (Å²) in [5, 5.41) is 11.1. The fraction of sp³-hybridized carbons (Fsp3) is 0.556. The van der Waals surface area contributed by atoms with Crippen LogP contribution in [0.1, 0.15) is 106 Å². The van der Waals surface area contributed by atoms with Crippen molar-refractivity contribution in [3.05, 3.63) is 59.7 Å². The van der Waals surface area contributed by atoms with E-state index in [-0.39, 0.29) is 48.7 Å². The zero-order chi connectivity index (χ0) is 40.3. The van der Waals surface area contributed by atoms with E-state index in [4.69, 9.17) is 9.47 Å². The summed E-state index contributed by atoms with van der Waals surface area (Å²) in [5.74, 6) is 1.57. The molecule has 4 aliphatic heterocycles. The van der Waals surface area contributed by atoms with Crippen LogP contribution in [0.5, 0.6) is 5.75 Å². The number of aromatic amines is 1. The van der Waals surface area contributed by atoms with Crippen molar-refractivity contribution in [1.29, 1.82) is 0 Å². The van der Waals surface area contributed by atoms with Gasteiger partial charge in [0.2, 0.25) is 11.8 Å². The van der Waals surface area contributed by atoms with Gasteiger partial charge in [0.15, 0.2) is 5.82 Å². The minimum Gasteiger partial charge on any atom is -0.488 e. The highest BCUT2D eigenvalue weighted by Gasteiger charge is 2.42. The molecule has 0 spiro atoms. The molecule has 5 fully saturated rings. The summed E-state index contributed by atoms with van der Waals surface area (Å²) in [5.41, 5.74) is 3.72. The van der Waals surface area contributed by atoms with Crippen molar-refractivity contribution < 1.29 is 28.2 Å². The van der Waals surface area contributed by atoms with Gasteiger partial charge in [-0.25, -0.2) is 14.4 Å². The SMILES string of the molecule is CC1(Oc2ccc3[nH]nc(-c4cc(N5CCC(OC6CCC(CC7CCN(c8ccc9c(c8F)CN(C8CCC(=O)NC8=O)C9=O)CC7)CC6)CC5)ncn4)c3c2)CC1. The van der Waals surface area contributed by atoms with E-state index in [1.807, 2.05) is 18.2 Å². The highest BCUT2D eigenvalue weighted by molar-refractivity contribution is 6.05. The number of H-pyrrole nitrogens is 1. The second kappa shape index (κ2) is 15.5. The van der Waals surface area contributed by atoms with Gasteiger partial charge in [-0.2, -0.15) is 5.10 Å². The summed E-state index contributed by atoms with van der Waals surface area (Å²) in [4.78, 5) is 52.3. The number of nitrogens with one attached hydrogen (secondary N) is 2. The topological polar surface area (TPSA) is 146 Å². The Morgan fingerprint density at radius 1 is 0.847 bits per heavy atom. The first kappa shape index (κ1) is 38.1. The molecule has 4 aromatic rings. The lowest BCUT2D eigenvalue weighted by atomic mass is 9.79. The van der Waals surface area contributed by atoms with Crippen LogP contribution in [0.25, 0.3) is 22.3 Å². The lowest BCUT2D eigenvalue weighted by molar-refractivity contribution is -0.136. The van der Waals surface area contributed by atoms with E-state index in [9.17, 15) is 14.4 Å². The molecule has 0 radical (unpaired) electrons. The van der Waals surface area contributed by atoms with Crippen LogP contribution >= 0.6 is 0 Å². The fourth-order valence-electron chi connectivity index (χ4n) is 10.2. The number of halogens is 1. The molecule has 2 N–H and O–H groups in total. The average Bonchev–Trinajstić information content (AvgIpc) is 3.66. The second-order valence-electron chi connectivity index (χ2n) is 18.0. The largest absolute Gasteiger partial charge is 0.488 e. The normalized spacial score (nSPS) is 25.1. The highest BCUT2D eigenvalue weighted by atomic mass is 19.1. The number of rotatable bonds is 10. The van der Waals surface area contributed by atoms with Crippen molar-refractivity contribution in [3.63, 3.8) is 0 Å². The highest BCUT2D eigenvalue weighted by Crippen LogP contribution is 2.41. The number of piperidine rings is 3. The Hall–Kier alpha value is -5.11. The first-order chi connectivity index (χ1) is 28.7. The number of hydrogen-bond acceptors (Lipinski definition) is 10. The zero-order valence-electron chi connectivity index (χ0n) is 33.8. The van der Waals surface area contributed by atoms with Crippen molar-refractivity contribution in [3.8, 4) is 17.1 Å². The van der Waals surface area contributed by atoms with E-state index in [1.165, 1.54) is 24.2 Å². The van der Waals surface area contributed by atoms with Crippen LogP contribution in [-0.2, 0) is 20.9 Å². The van der Waals surface area contributed by atoms with Crippen LogP contribution < -0.4 is 19.9 Å². The van der Waals surface area contributed by atoms with E-state index in [0.29, 0.717) is 34.8 Å². The molecule has 0 bridgehead atoms. The van der Waals surface area contributed by atoms with Gasteiger partial charge in [-0.1, -0.05) is 0 Å². The monoisotopic (exact) mass is 804 g/mol. The summed E-state index contributed by atoms with van der Waals surface area (Å²) in [6.07, 6.45) is 14.6. The predicted octanol–water partition coefficient (Wildman–Crippen LogP) is 6.70. The third-order valence-electron chi connectivity index (χ3n) is 13.9. The number of hydrogen-bond donors (Lipinski definition) is 2. The summed E-state index contributed by atoms with van der Waals surface area (Å²) in [6, 6.07) is 10.8. The average molecular weight is 805 g/mol. The molecule has 1 unspecified atom stereocenters. The molecular weight excluding hydrogens is 752 g/mol. The van der Waals surface area contributed by atoms with E-state index < -0.39 is 11.9 Å². The first-order valence-electron chi connectivity index (χ1n) is 21.8. The Bertz CT molecular complexity index is 2250. The van der Waals surface area contributed by atoms with Gasteiger partial charge in [0, 0.05) is 55.2 Å². The molecule has 14 heteroatoms. The van der Waals surface area contributed by atoms with Gasteiger partial charge in [0.05, 0.1) is 35.7 Å². The molecule has 310 valence electrons. The number of amides is 3. The van der Waals surface area contributed by atoms with Crippen LogP contribution in [0, 0.1) is 17.7 Å². The third kappa shape index (κ3) is 7.76. The van der Waals surface area contributed by atoms with Crippen molar-refractivity contribution in [2.24, 2.45) is 11.8 Å². The van der Waals surface area contributed by atoms with Gasteiger partial charge < -0.3 is 24.2 Å². The van der Waals surface area contributed by atoms with Crippen LogP contribution in [0.2, 0.25) is 0 Å². The van der Waals surface area contributed by atoms with Crippen LogP contribution in [0.4, 0.5) is 15.9 Å². The van der Waals surface area contributed by atoms with Crippen LogP contribution in [0.15, 0.2) is 42.7 Å². The number of nitrogens with zero attached hydrogens (tertiary/aromatic N) is 6. The lowest BCUT2D eigenvalue weighted by Crippen LogP contribution is -2.52. The molecule has 10 rings (SSSR count). The van der Waals surface area contributed by atoms with Crippen LogP contribution in [-0.4, -0.2) is 92.8 Å². The van der Waals surface area contributed by atoms with Crippen molar-refractivity contribution in [2.45, 2.75) is 121 Å². The van der Waals surface area contributed by atoms with Gasteiger partial charge >= 0.3 is 0 Å². The fourth-order valence-corrected chi connectivity index (χ4v) is 10.2. The van der Waals surface area contributed by atoms with E-state index in [2.05, 4.69) is 48.3 Å². The Labute approximate surface area is 343 Å².